The smallest absolute Gasteiger partial charge is 0.0737 e. The van der Waals surface area contributed by atoms with Gasteiger partial charge in [-0.05, 0) is 62.4 Å². The van der Waals surface area contributed by atoms with Gasteiger partial charge in [0.25, 0.3) is 0 Å². The lowest BCUT2D eigenvalue weighted by Gasteiger charge is -2.08. The van der Waals surface area contributed by atoms with Crippen LogP contribution in [0.4, 0.5) is 5.69 Å². The first kappa shape index (κ1) is 13.9. The van der Waals surface area contributed by atoms with Crippen LogP contribution < -0.4 is 5.32 Å². The van der Waals surface area contributed by atoms with Crippen molar-refractivity contribution >= 4 is 49.3 Å². The summed E-state index contributed by atoms with van der Waals surface area (Å²) in [4.78, 5) is 5.63. The number of aromatic nitrogens is 1. The molecule has 0 saturated carbocycles. The Morgan fingerprint density at radius 3 is 2.83 bits per heavy atom. The first-order valence-corrected chi connectivity index (χ1v) is 8.18. The molecule has 0 bridgehead atoms. The standard InChI is InChI=1S/C13H12Br2N2S/c1-18-11-4-2-3-10(6-11)16-8-13-12(15)5-9(14)7-17-13/h2-7,16H,8H2,1H3. The fourth-order valence-corrected chi connectivity index (χ4v) is 3.08. The average molecular weight is 388 g/mol. The van der Waals surface area contributed by atoms with E-state index in [4.69, 9.17) is 0 Å². The average Bonchev–Trinajstić information content (AvgIpc) is 2.38. The Labute approximate surface area is 128 Å². The van der Waals surface area contributed by atoms with Crippen molar-refractivity contribution in [3.05, 3.63) is 51.2 Å². The van der Waals surface area contributed by atoms with E-state index in [0.29, 0.717) is 6.54 Å². The topological polar surface area (TPSA) is 24.9 Å². The lowest BCUT2D eigenvalue weighted by atomic mass is 10.3. The zero-order valence-corrected chi connectivity index (χ0v) is 13.8. The summed E-state index contributed by atoms with van der Waals surface area (Å²) in [5, 5.41) is 3.37. The van der Waals surface area contributed by atoms with Crippen LogP contribution in [-0.4, -0.2) is 11.2 Å². The summed E-state index contributed by atoms with van der Waals surface area (Å²) in [6.45, 7) is 0.700. The molecule has 2 rings (SSSR count). The Bertz CT molecular complexity index is 546. The number of anilines is 1. The van der Waals surface area contributed by atoms with Gasteiger partial charge in [-0.3, -0.25) is 4.98 Å². The van der Waals surface area contributed by atoms with Crippen LogP contribution in [0.2, 0.25) is 0 Å². The van der Waals surface area contributed by atoms with E-state index in [2.05, 4.69) is 72.7 Å². The van der Waals surface area contributed by atoms with Crippen LogP contribution in [0.1, 0.15) is 5.69 Å². The number of pyridine rings is 1. The van der Waals surface area contributed by atoms with Crippen LogP contribution in [0.15, 0.2) is 50.4 Å². The molecule has 0 amide bonds. The summed E-state index contributed by atoms with van der Waals surface area (Å²) < 4.78 is 1.98. The number of thioether (sulfide) groups is 1. The Kier molecular flexibility index (Phi) is 5.09. The lowest BCUT2D eigenvalue weighted by molar-refractivity contribution is 1.03. The predicted molar refractivity (Wildman–Crippen MR) is 85.2 cm³/mol. The van der Waals surface area contributed by atoms with Crippen LogP contribution >= 0.6 is 43.6 Å². The van der Waals surface area contributed by atoms with Gasteiger partial charge in [0.1, 0.15) is 0 Å². The van der Waals surface area contributed by atoms with E-state index < -0.39 is 0 Å². The first-order chi connectivity index (χ1) is 8.69. The third-order valence-corrected chi connectivity index (χ3v) is 4.26. The third-order valence-electron chi connectivity index (χ3n) is 2.41. The minimum atomic E-state index is 0.700. The van der Waals surface area contributed by atoms with E-state index in [1.54, 1.807) is 18.0 Å². The van der Waals surface area contributed by atoms with Crippen molar-refractivity contribution in [1.82, 2.24) is 4.98 Å². The summed E-state index contributed by atoms with van der Waals surface area (Å²) in [7, 11) is 0. The quantitative estimate of drug-likeness (QED) is 0.752. The van der Waals surface area contributed by atoms with Crippen molar-refractivity contribution < 1.29 is 0 Å². The van der Waals surface area contributed by atoms with Gasteiger partial charge in [-0.25, -0.2) is 0 Å². The maximum absolute atomic E-state index is 4.37. The molecule has 1 heterocycles. The molecule has 2 nitrogen and oxygen atoms in total. The normalized spacial score (nSPS) is 10.4. The molecule has 0 unspecified atom stereocenters. The zero-order chi connectivity index (χ0) is 13.0. The van der Waals surface area contributed by atoms with Crippen LogP contribution in [0, 0.1) is 0 Å². The minimum absolute atomic E-state index is 0.700. The lowest BCUT2D eigenvalue weighted by Crippen LogP contribution is -2.02. The van der Waals surface area contributed by atoms with Gasteiger partial charge in [-0.2, -0.15) is 0 Å². The molecule has 0 radical (unpaired) electrons. The maximum atomic E-state index is 4.37. The number of hydrogen-bond donors (Lipinski definition) is 1. The highest BCUT2D eigenvalue weighted by Crippen LogP contribution is 2.22. The van der Waals surface area contributed by atoms with E-state index in [0.717, 1.165) is 20.3 Å². The number of benzene rings is 1. The summed E-state index contributed by atoms with van der Waals surface area (Å²) in [6, 6.07) is 10.4. The number of halogens is 2. The van der Waals surface area contributed by atoms with E-state index in [1.807, 2.05) is 6.07 Å². The van der Waals surface area contributed by atoms with Gasteiger partial charge >= 0.3 is 0 Å². The monoisotopic (exact) mass is 386 g/mol. The molecule has 0 saturated heterocycles. The fraction of sp³-hybridized carbons (Fsp3) is 0.154. The molecular weight excluding hydrogens is 376 g/mol. The van der Waals surface area contributed by atoms with Crippen molar-refractivity contribution in [1.29, 1.82) is 0 Å². The largest absolute Gasteiger partial charge is 0.379 e. The number of nitrogens with zero attached hydrogens (tertiary/aromatic N) is 1. The van der Waals surface area contributed by atoms with E-state index in [-0.39, 0.29) is 0 Å². The maximum Gasteiger partial charge on any atom is 0.0737 e. The molecule has 2 aromatic rings. The van der Waals surface area contributed by atoms with Crippen LogP contribution in [0.5, 0.6) is 0 Å². The second-order valence-corrected chi connectivity index (χ2v) is 6.32. The summed E-state index contributed by atoms with van der Waals surface area (Å²) in [6.07, 6.45) is 3.88. The van der Waals surface area contributed by atoms with Crippen molar-refractivity contribution in [3.8, 4) is 0 Å². The van der Waals surface area contributed by atoms with Gasteiger partial charge in [-0.15, -0.1) is 11.8 Å². The molecule has 1 aromatic heterocycles. The highest BCUT2D eigenvalue weighted by molar-refractivity contribution is 9.11. The summed E-state index contributed by atoms with van der Waals surface area (Å²) in [5.41, 5.74) is 2.10. The minimum Gasteiger partial charge on any atom is -0.379 e. The molecule has 94 valence electrons. The Morgan fingerprint density at radius 1 is 1.28 bits per heavy atom. The van der Waals surface area contributed by atoms with E-state index in [1.165, 1.54) is 4.90 Å². The molecule has 5 heteroatoms. The Hall–Kier alpha value is -0.520. The van der Waals surface area contributed by atoms with Crippen molar-refractivity contribution in [2.75, 3.05) is 11.6 Å². The molecule has 1 N–H and O–H groups in total. The Balaban J connectivity index is 2.06. The SMILES string of the molecule is CSc1cccc(NCc2ncc(Br)cc2Br)c1. The number of nitrogens with one attached hydrogen (secondary N) is 1. The number of hydrogen-bond acceptors (Lipinski definition) is 3. The van der Waals surface area contributed by atoms with Gasteiger partial charge in [0.15, 0.2) is 0 Å². The van der Waals surface area contributed by atoms with E-state index in [9.17, 15) is 0 Å². The highest BCUT2D eigenvalue weighted by atomic mass is 79.9. The number of rotatable bonds is 4. The molecule has 0 aliphatic rings. The first-order valence-electron chi connectivity index (χ1n) is 5.37. The molecule has 0 fully saturated rings. The van der Waals surface area contributed by atoms with Gasteiger partial charge in [0.05, 0.1) is 12.2 Å². The molecule has 18 heavy (non-hydrogen) atoms. The van der Waals surface area contributed by atoms with E-state index >= 15 is 0 Å². The summed E-state index contributed by atoms with van der Waals surface area (Å²) in [5.74, 6) is 0. The van der Waals surface area contributed by atoms with Crippen molar-refractivity contribution in [3.63, 3.8) is 0 Å². The van der Waals surface area contributed by atoms with Gasteiger partial charge in [0, 0.05) is 25.7 Å². The van der Waals surface area contributed by atoms with Crippen LogP contribution in [0.25, 0.3) is 0 Å². The predicted octanol–water partition coefficient (Wildman–Crippen LogP) is 4.94. The van der Waals surface area contributed by atoms with Crippen LogP contribution in [0.3, 0.4) is 0 Å². The molecule has 0 atom stereocenters. The molecule has 0 spiro atoms. The summed E-state index contributed by atoms with van der Waals surface area (Å²) >= 11 is 8.65. The fourth-order valence-electron chi connectivity index (χ4n) is 1.49. The van der Waals surface area contributed by atoms with Crippen LogP contribution in [-0.2, 0) is 6.54 Å². The second-order valence-electron chi connectivity index (χ2n) is 3.67. The molecule has 0 aliphatic carbocycles. The van der Waals surface area contributed by atoms with Crippen molar-refractivity contribution in [2.24, 2.45) is 0 Å². The third kappa shape index (κ3) is 3.73. The Morgan fingerprint density at radius 2 is 2.11 bits per heavy atom. The second kappa shape index (κ2) is 6.59. The van der Waals surface area contributed by atoms with Crippen molar-refractivity contribution in [2.45, 2.75) is 11.4 Å². The highest BCUT2D eigenvalue weighted by Gasteiger charge is 2.02. The van der Waals surface area contributed by atoms with Gasteiger partial charge in [-0.1, -0.05) is 6.07 Å². The molecular formula is C13H12Br2N2S. The zero-order valence-electron chi connectivity index (χ0n) is 9.78. The molecule has 1 aromatic carbocycles. The molecule has 0 aliphatic heterocycles. The van der Waals surface area contributed by atoms with Gasteiger partial charge in [0.2, 0.25) is 0 Å². The van der Waals surface area contributed by atoms with Gasteiger partial charge < -0.3 is 5.32 Å².